The summed E-state index contributed by atoms with van der Waals surface area (Å²) >= 11 is 0. The highest BCUT2D eigenvalue weighted by atomic mass is 19.1. The van der Waals surface area contributed by atoms with Crippen LogP contribution in [0.15, 0.2) is 70.5 Å². The van der Waals surface area contributed by atoms with Crippen LogP contribution in [0.4, 0.5) is 4.39 Å². The lowest BCUT2D eigenvalue weighted by atomic mass is 10.2. The third kappa shape index (κ3) is 5.56. The van der Waals surface area contributed by atoms with Gasteiger partial charge in [-0.3, -0.25) is 13.9 Å². The Morgan fingerprint density at radius 3 is 2.54 bits per heavy atom. The van der Waals surface area contributed by atoms with Crippen molar-refractivity contribution < 1.29 is 19.0 Å². The Balaban J connectivity index is 1.63. The van der Waals surface area contributed by atoms with Gasteiger partial charge in [0.25, 0.3) is 5.56 Å². The maximum atomic E-state index is 13.8. The van der Waals surface area contributed by atoms with Crippen LogP contribution in [0.3, 0.4) is 0 Å². The van der Waals surface area contributed by atoms with Crippen LogP contribution in [0.2, 0.25) is 0 Å². The summed E-state index contributed by atoms with van der Waals surface area (Å²) in [5.74, 6) is -0.406. The van der Waals surface area contributed by atoms with Crippen LogP contribution >= 0.6 is 0 Å². The molecule has 1 atom stereocenters. The van der Waals surface area contributed by atoms with Crippen LogP contribution in [0, 0.1) is 5.82 Å². The monoisotopic (exact) mass is 482 g/mol. The van der Waals surface area contributed by atoms with Crippen LogP contribution in [-0.4, -0.2) is 50.2 Å². The maximum Gasteiger partial charge on any atom is 0.333 e. The van der Waals surface area contributed by atoms with Gasteiger partial charge in [-0.05, 0) is 11.6 Å². The molecule has 0 amide bonds. The van der Waals surface area contributed by atoms with E-state index in [0.717, 1.165) is 10.1 Å². The molecule has 0 fully saturated rings. The van der Waals surface area contributed by atoms with E-state index in [1.807, 2.05) is 30.3 Å². The summed E-state index contributed by atoms with van der Waals surface area (Å²) in [4.78, 5) is 31.0. The highest BCUT2D eigenvalue weighted by Crippen LogP contribution is 2.11. The van der Waals surface area contributed by atoms with Gasteiger partial charge in [-0.2, -0.15) is 0 Å². The van der Waals surface area contributed by atoms with Gasteiger partial charge in [0.05, 0.1) is 45.3 Å². The first-order valence-corrected chi connectivity index (χ1v) is 11.2. The number of aliphatic hydroxyl groups is 1. The van der Waals surface area contributed by atoms with Crippen LogP contribution < -0.4 is 11.2 Å². The smallest absolute Gasteiger partial charge is 0.333 e. The second kappa shape index (κ2) is 11.2. The van der Waals surface area contributed by atoms with E-state index in [-0.39, 0.29) is 37.5 Å². The van der Waals surface area contributed by atoms with Gasteiger partial charge < -0.3 is 19.1 Å². The number of halogens is 1. The van der Waals surface area contributed by atoms with E-state index >= 15 is 0 Å². The number of aliphatic hydroxyl groups excluding tert-OH is 1. The number of nitrogens with zero attached hydrogens (tertiary/aromatic N) is 4. The molecule has 0 aliphatic heterocycles. The topological polar surface area (TPSA) is 101 Å². The van der Waals surface area contributed by atoms with Gasteiger partial charge in [-0.15, -0.1) is 0 Å². The van der Waals surface area contributed by atoms with E-state index in [1.165, 1.54) is 17.0 Å². The Morgan fingerprint density at radius 1 is 1.06 bits per heavy atom. The molecule has 2 heterocycles. The quantitative estimate of drug-likeness (QED) is 0.350. The molecular formula is C25H27FN4O5. The number of hydrogen-bond acceptors (Lipinski definition) is 6. The van der Waals surface area contributed by atoms with Crippen molar-refractivity contribution in [1.29, 1.82) is 0 Å². The summed E-state index contributed by atoms with van der Waals surface area (Å²) in [7, 11) is 1.56. The number of methoxy groups -OCH3 is 1. The number of hydrogen-bond donors (Lipinski definition) is 1. The first-order chi connectivity index (χ1) is 17.0. The highest BCUT2D eigenvalue weighted by Gasteiger charge is 2.20. The highest BCUT2D eigenvalue weighted by molar-refractivity contribution is 5.70. The molecule has 0 aliphatic rings. The molecule has 0 radical (unpaired) electrons. The summed E-state index contributed by atoms with van der Waals surface area (Å²) in [6.07, 6.45) is 0.342. The molecule has 2 aromatic heterocycles. The normalized spacial score (nSPS) is 12.3. The number of imidazole rings is 1. The van der Waals surface area contributed by atoms with Gasteiger partial charge >= 0.3 is 5.69 Å². The summed E-state index contributed by atoms with van der Waals surface area (Å²) in [5.41, 5.74) is 0.581. The third-order valence-corrected chi connectivity index (χ3v) is 5.62. The van der Waals surface area contributed by atoms with E-state index in [9.17, 15) is 19.1 Å². The summed E-state index contributed by atoms with van der Waals surface area (Å²) < 4.78 is 28.4. The molecule has 4 aromatic rings. The van der Waals surface area contributed by atoms with Gasteiger partial charge in [-0.25, -0.2) is 14.2 Å². The zero-order valence-electron chi connectivity index (χ0n) is 19.3. The fourth-order valence-corrected chi connectivity index (χ4v) is 3.85. The molecule has 4 rings (SSSR count). The van der Waals surface area contributed by atoms with Crippen LogP contribution in [0.25, 0.3) is 11.2 Å². The Kier molecular flexibility index (Phi) is 7.86. The van der Waals surface area contributed by atoms with Crippen LogP contribution in [0.1, 0.15) is 11.1 Å². The second-order valence-corrected chi connectivity index (χ2v) is 8.13. The van der Waals surface area contributed by atoms with Crippen molar-refractivity contribution in [2.75, 3.05) is 20.3 Å². The van der Waals surface area contributed by atoms with Gasteiger partial charge in [0.15, 0.2) is 11.2 Å². The zero-order chi connectivity index (χ0) is 24.8. The minimum absolute atomic E-state index is 0.0420. The minimum Gasteiger partial charge on any atom is -0.389 e. The summed E-state index contributed by atoms with van der Waals surface area (Å²) in [5, 5.41) is 10.5. The van der Waals surface area contributed by atoms with Crippen molar-refractivity contribution in [3.05, 3.63) is 98.7 Å². The lowest BCUT2D eigenvalue weighted by molar-refractivity contribution is 0.0183. The molecule has 0 aliphatic carbocycles. The van der Waals surface area contributed by atoms with Crippen molar-refractivity contribution in [1.82, 2.24) is 18.7 Å². The molecule has 10 heteroatoms. The molecule has 9 nitrogen and oxygen atoms in total. The Hall–Kier alpha value is -3.60. The molecule has 0 unspecified atom stereocenters. The zero-order valence-corrected chi connectivity index (χ0v) is 19.3. The summed E-state index contributed by atoms with van der Waals surface area (Å²) in [6, 6.07) is 15.5. The number of aromatic nitrogens is 4. The van der Waals surface area contributed by atoms with Crippen molar-refractivity contribution >= 4 is 11.2 Å². The predicted octanol–water partition coefficient (Wildman–Crippen LogP) is 1.77. The lowest BCUT2D eigenvalue weighted by Gasteiger charge is -2.16. The number of ether oxygens (including phenoxy) is 2. The Labute approximate surface area is 200 Å². The second-order valence-electron chi connectivity index (χ2n) is 8.13. The molecule has 0 saturated carbocycles. The lowest BCUT2D eigenvalue weighted by Crippen LogP contribution is -2.44. The maximum absolute atomic E-state index is 13.8. The molecular weight excluding hydrogens is 455 g/mol. The van der Waals surface area contributed by atoms with Crippen molar-refractivity contribution in [3.63, 3.8) is 0 Å². The SMILES string of the molecule is COCCn1cnc2c1c(=O)n(C[C@H](O)COCc1ccccc1F)c(=O)n2Cc1ccccc1. The van der Waals surface area contributed by atoms with Crippen LogP contribution in [-0.2, 0) is 35.7 Å². The van der Waals surface area contributed by atoms with Gasteiger partial charge in [-0.1, -0.05) is 48.5 Å². The van der Waals surface area contributed by atoms with E-state index in [2.05, 4.69) is 4.98 Å². The van der Waals surface area contributed by atoms with Gasteiger partial charge in [0.2, 0.25) is 0 Å². The van der Waals surface area contributed by atoms with Gasteiger partial charge in [0.1, 0.15) is 5.82 Å². The Bertz CT molecular complexity index is 1400. The third-order valence-electron chi connectivity index (χ3n) is 5.62. The van der Waals surface area contributed by atoms with Crippen molar-refractivity contribution in [2.24, 2.45) is 0 Å². The fraction of sp³-hybridized carbons (Fsp3) is 0.320. The minimum atomic E-state index is -1.16. The average Bonchev–Trinajstić information content (AvgIpc) is 3.29. The van der Waals surface area contributed by atoms with Crippen molar-refractivity contribution in [2.45, 2.75) is 32.3 Å². The largest absolute Gasteiger partial charge is 0.389 e. The summed E-state index contributed by atoms with van der Waals surface area (Å²) in [6.45, 7) is 0.432. The molecule has 1 N–H and O–H groups in total. The Morgan fingerprint density at radius 2 is 1.80 bits per heavy atom. The molecule has 0 bridgehead atoms. The van der Waals surface area contributed by atoms with E-state index in [1.54, 1.807) is 29.9 Å². The number of benzene rings is 2. The number of rotatable bonds is 11. The van der Waals surface area contributed by atoms with E-state index < -0.39 is 23.2 Å². The molecule has 0 spiro atoms. The molecule has 35 heavy (non-hydrogen) atoms. The van der Waals surface area contributed by atoms with Crippen LogP contribution in [0.5, 0.6) is 0 Å². The standard InChI is InChI=1S/C25H27FN4O5/c1-34-12-11-28-17-27-23-22(28)24(32)30(25(33)29(23)13-18-7-3-2-4-8-18)14-20(31)16-35-15-19-9-5-6-10-21(19)26/h2-10,17,20,31H,11-16H2,1H3/t20-/m0/s1. The molecule has 2 aromatic carbocycles. The number of fused-ring (bicyclic) bond motifs is 1. The molecule has 184 valence electrons. The predicted molar refractivity (Wildman–Crippen MR) is 128 cm³/mol. The van der Waals surface area contributed by atoms with Crippen molar-refractivity contribution in [3.8, 4) is 0 Å². The van der Waals surface area contributed by atoms with E-state index in [4.69, 9.17) is 9.47 Å². The fourth-order valence-electron chi connectivity index (χ4n) is 3.85. The first kappa shape index (κ1) is 24.5. The van der Waals surface area contributed by atoms with E-state index in [0.29, 0.717) is 18.7 Å². The average molecular weight is 483 g/mol. The molecule has 0 saturated heterocycles. The first-order valence-electron chi connectivity index (χ1n) is 11.2. The van der Waals surface area contributed by atoms with Gasteiger partial charge in [0, 0.05) is 19.2 Å².